The van der Waals surface area contributed by atoms with Crippen LogP contribution in [0.5, 0.6) is 0 Å². The molecule has 3 aromatic heterocycles. The normalized spacial score (nSPS) is 10.9. The number of H-pyrrole nitrogens is 1. The van der Waals surface area contributed by atoms with Gasteiger partial charge in [-0.25, -0.2) is 9.78 Å². The van der Waals surface area contributed by atoms with Crippen LogP contribution in [0.4, 0.5) is 5.69 Å². The van der Waals surface area contributed by atoms with Crippen LogP contribution < -0.4 is 11.1 Å². The number of aromatic amines is 1. The molecule has 0 aliphatic carbocycles. The largest absolute Gasteiger partial charge is 0.417 e. The predicted molar refractivity (Wildman–Crippen MR) is 99.1 cm³/mol. The summed E-state index contributed by atoms with van der Waals surface area (Å²) >= 11 is 1.55. The summed E-state index contributed by atoms with van der Waals surface area (Å²) < 4.78 is 4.99. The molecule has 3 heterocycles. The first kappa shape index (κ1) is 16.2. The molecule has 0 fully saturated rings. The van der Waals surface area contributed by atoms with E-state index in [4.69, 9.17) is 4.42 Å². The Balaban J connectivity index is 1.37. The van der Waals surface area contributed by atoms with Crippen molar-refractivity contribution in [1.82, 2.24) is 15.0 Å². The maximum Gasteiger partial charge on any atom is 0.417 e. The standard InChI is InChI=1S/C18H14N4O3S/c23-16(20-12-1-3-14-15(9-12)25-18(24)22-14)4-2-13-10-26-17(21-13)11-5-7-19-8-6-11/h1,3,5-10H,2,4H2,(H,20,23)(H,22,24). The van der Waals surface area contributed by atoms with Crippen molar-refractivity contribution < 1.29 is 9.21 Å². The van der Waals surface area contributed by atoms with Crippen LogP contribution in [0.3, 0.4) is 0 Å². The van der Waals surface area contributed by atoms with Crippen molar-refractivity contribution in [3.05, 3.63) is 64.4 Å². The lowest BCUT2D eigenvalue weighted by Crippen LogP contribution is -2.12. The van der Waals surface area contributed by atoms with Gasteiger partial charge in [-0.3, -0.25) is 14.8 Å². The number of nitrogens with one attached hydrogen (secondary N) is 2. The highest BCUT2D eigenvalue weighted by molar-refractivity contribution is 7.13. The van der Waals surface area contributed by atoms with Crippen LogP contribution in [0.1, 0.15) is 12.1 Å². The van der Waals surface area contributed by atoms with Crippen LogP contribution in [-0.2, 0) is 11.2 Å². The minimum atomic E-state index is -0.517. The van der Waals surface area contributed by atoms with Crippen molar-refractivity contribution >= 4 is 34.0 Å². The highest BCUT2D eigenvalue weighted by Crippen LogP contribution is 2.23. The Morgan fingerprint density at radius 2 is 2.08 bits per heavy atom. The van der Waals surface area contributed by atoms with Crippen LogP contribution in [-0.4, -0.2) is 20.9 Å². The van der Waals surface area contributed by atoms with Gasteiger partial charge in [0.1, 0.15) is 5.01 Å². The van der Waals surface area contributed by atoms with Gasteiger partial charge in [0.05, 0.1) is 11.2 Å². The summed E-state index contributed by atoms with van der Waals surface area (Å²) in [6.45, 7) is 0. The van der Waals surface area contributed by atoms with Gasteiger partial charge in [0.15, 0.2) is 5.58 Å². The molecule has 2 N–H and O–H groups in total. The third kappa shape index (κ3) is 3.55. The van der Waals surface area contributed by atoms with Crippen molar-refractivity contribution in [2.45, 2.75) is 12.8 Å². The number of fused-ring (bicyclic) bond motifs is 1. The SMILES string of the molecule is O=C(CCc1csc(-c2ccncc2)n1)Nc1ccc2[nH]c(=O)oc2c1. The Morgan fingerprint density at radius 3 is 2.92 bits per heavy atom. The van der Waals surface area contributed by atoms with E-state index in [1.54, 1.807) is 41.9 Å². The number of pyridine rings is 1. The molecule has 0 bridgehead atoms. The van der Waals surface area contributed by atoms with E-state index in [0.717, 1.165) is 16.3 Å². The number of aromatic nitrogens is 3. The minimum Gasteiger partial charge on any atom is -0.408 e. The van der Waals surface area contributed by atoms with Crippen molar-refractivity contribution in [2.24, 2.45) is 0 Å². The molecule has 130 valence electrons. The molecule has 4 rings (SSSR count). The Hall–Kier alpha value is -3.26. The van der Waals surface area contributed by atoms with Gasteiger partial charge < -0.3 is 9.73 Å². The molecular weight excluding hydrogens is 352 g/mol. The van der Waals surface area contributed by atoms with Crippen LogP contribution in [0.2, 0.25) is 0 Å². The number of oxazole rings is 1. The zero-order valence-corrected chi connectivity index (χ0v) is 14.4. The van der Waals surface area contributed by atoms with Gasteiger partial charge in [-0.1, -0.05) is 0 Å². The van der Waals surface area contributed by atoms with E-state index in [0.29, 0.717) is 29.6 Å². The van der Waals surface area contributed by atoms with Gasteiger partial charge in [0.2, 0.25) is 5.91 Å². The van der Waals surface area contributed by atoms with Gasteiger partial charge in [-0.2, -0.15) is 0 Å². The number of anilines is 1. The van der Waals surface area contributed by atoms with E-state index >= 15 is 0 Å². The number of rotatable bonds is 5. The van der Waals surface area contributed by atoms with Crippen LogP contribution in [0.15, 0.2) is 57.3 Å². The molecule has 0 saturated heterocycles. The van der Waals surface area contributed by atoms with Crippen LogP contribution >= 0.6 is 11.3 Å². The first-order valence-electron chi connectivity index (χ1n) is 7.95. The number of carbonyl (C=O) groups excluding carboxylic acids is 1. The number of aryl methyl sites for hydroxylation is 1. The molecule has 0 aliphatic rings. The maximum absolute atomic E-state index is 12.2. The van der Waals surface area contributed by atoms with Gasteiger partial charge >= 0.3 is 5.76 Å². The first-order chi connectivity index (χ1) is 12.7. The second-order valence-corrected chi connectivity index (χ2v) is 6.51. The highest BCUT2D eigenvalue weighted by Gasteiger charge is 2.09. The molecule has 0 unspecified atom stereocenters. The van der Waals surface area contributed by atoms with E-state index in [9.17, 15) is 9.59 Å². The third-order valence-electron chi connectivity index (χ3n) is 3.79. The molecule has 0 saturated carbocycles. The average molecular weight is 366 g/mol. The fourth-order valence-corrected chi connectivity index (χ4v) is 3.40. The molecule has 1 aromatic carbocycles. The zero-order chi connectivity index (χ0) is 17.9. The van der Waals surface area contributed by atoms with Gasteiger partial charge in [0.25, 0.3) is 0 Å². The molecule has 7 nitrogen and oxygen atoms in total. The quantitative estimate of drug-likeness (QED) is 0.565. The fraction of sp³-hybridized carbons (Fsp3) is 0.111. The zero-order valence-electron chi connectivity index (χ0n) is 13.6. The van der Waals surface area contributed by atoms with Crippen LogP contribution in [0, 0.1) is 0 Å². The molecule has 0 atom stereocenters. The second-order valence-electron chi connectivity index (χ2n) is 5.65. The van der Waals surface area contributed by atoms with Crippen molar-refractivity contribution in [3.63, 3.8) is 0 Å². The molecule has 1 amide bonds. The molecule has 0 aliphatic heterocycles. The van der Waals surface area contributed by atoms with E-state index in [1.165, 1.54) is 0 Å². The fourth-order valence-electron chi connectivity index (χ4n) is 2.54. The Labute approximate surface area is 151 Å². The van der Waals surface area contributed by atoms with E-state index < -0.39 is 5.76 Å². The van der Waals surface area contributed by atoms with Gasteiger partial charge in [-0.05, 0) is 30.7 Å². The molecule has 0 spiro atoms. The smallest absolute Gasteiger partial charge is 0.408 e. The van der Waals surface area contributed by atoms with E-state index in [-0.39, 0.29) is 5.91 Å². The molecule has 8 heteroatoms. The maximum atomic E-state index is 12.2. The summed E-state index contributed by atoms with van der Waals surface area (Å²) in [6.07, 6.45) is 4.32. The summed E-state index contributed by atoms with van der Waals surface area (Å²) in [4.78, 5) is 34.4. The summed E-state index contributed by atoms with van der Waals surface area (Å²) in [6, 6.07) is 8.85. The summed E-state index contributed by atoms with van der Waals surface area (Å²) in [5.74, 6) is -0.641. The number of thiazole rings is 1. The van der Waals surface area contributed by atoms with Gasteiger partial charge in [-0.15, -0.1) is 11.3 Å². The van der Waals surface area contributed by atoms with E-state index in [1.807, 2.05) is 17.5 Å². The monoisotopic (exact) mass is 366 g/mol. The molecule has 4 aromatic rings. The summed E-state index contributed by atoms with van der Waals surface area (Å²) in [5, 5.41) is 5.68. The number of carbonyl (C=O) groups is 1. The Morgan fingerprint density at radius 1 is 1.23 bits per heavy atom. The molecule has 26 heavy (non-hydrogen) atoms. The topological polar surface area (TPSA) is 101 Å². The Bertz CT molecular complexity index is 1110. The van der Waals surface area contributed by atoms with Crippen molar-refractivity contribution in [3.8, 4) is 10.6 Å². The number of hydrogen-bond acceptors (Lipinski definition) is 6. The first-order valence-corrected chi connectivity index (χ1v) is 8.83. The average Bonchev–Trinajstić information content (AvgIpc) is 3.26. The minimum absolute atomic E-state index is 0.124. The lowest BCUT2D eigenvalue weighted by atomic mass is 10.2. The van der Waals surface area contributed by atoms with E-state index in [2.05, 4.69) is 20.3 Å². The van der Waals surface area contributed by atoms with Gasteiger partial charge in [0, 0.05) is 41.5 Å². The number of benzene rings is 1. The summed E-state index contributed by atoms with van der Waals surface area (Å²) in [7, 11) is 0. The highest BCUT2D eigenvalue weighted by atomic mass is 32.1. The number of hydrogen-bond donors (Lipinski definition) is 2. The van der Waals surface area contributed by atoms with Crippen LogP contribution in [0.25, 0.3) is 21.7 Å². The lowest BCUT2D eigenvalue weighted by Gasteiger charge is -2.04. The summed E-state index contributed by atoms with van der Waals surface area (Å²) in [5.41, 5.74) is 3.49. The third-order valence-corrected chi connectivity index (χ3v) is 4.73. The van der Waals surface area contributed by atoms with Crippen molar-refractivity contribution in [1.29, 1.82) is 0 Å². The molecule has 0 radical (unpaired) electrons. The number of amides is 1. The second kappa shape index (κ2) is 6.93. The Kier molecular flexibility index (Phi) is 4.32. The molecular formula is C18H14N4O3S. The van der Waals surface area contributed by atoms with Crippen molar-refractivity contribution in [2.75, 3.05) is 5.32 Å². The predicted octanol–water partition coefficient (Wildman–Crippen LogP) is 3.21. The number of nitrogens with zero attached hydrogens (tertiary/aromatic N) is 2. The lowest BCUT2D eigenvalue weighted by molar-refractivity contribution is -0.116.